The predicted molar refractivity (Wildman–Crippen MR) is 93.9 cm³/mol. The first-order valence-corrected chi connectivity index (χ1v) is 9.72. The van der Waals surface area contributed by atoms with Crippen LogP contribution in [0.2, 0.25) is 0 Å². The first-order valence-electron chi connectivity index (χ1n) is 9.72. The molecule has 1 heterocycles. The van der Waals surface area contributed by atoms with E-state index in [2.05, 4.69) is 17.2 Å². The maximum Gasteiger partial charge on any atom is 0.273 e. The van der Waals surface area contributed by atoms with E-state index in [0.717, 1.165) is 38.5 Å². The average Bonchev–Trinajstić information content (AvgIpc) is 3.53. The van der Waals surface area contributed by atoms with Crippen LogP contribution in [-0.2, 0) is 11.3 Å². The lowest BCUT2D eigenvalue weighted by Crippen LogP contribution is -2.32. The van der Waals surface area contributed by atoms with Gasteiger partial charge in [-0.05, 0) is 32.1 Å². The summed E-state index contributed by atoms with van der Waals surface area (Å²) in [6.45, 7) is 2.56. The van der Waals surface area contributed by atoms with Crippen molar-refractivity contribution < 1.29 is 14.0 Å². The Morgan fingerprint density at radius 1 is 1.20 bits per heavy atom. The molecule has 2 aliphatic rings. The summed E-state index contributed by atoms with van der Waals surface area (Å²) in [6.07, 6.45) is 11.9. The highest BCUT2D eigenvalue weighted by Crippen LogP contribution is 2.29. The summed E-state index contributed by atoms with van der Waals surface area (Å²) in [7, 11) is 0. The van der Waals surface area contributed by atoms with Crippen molar-refractivity contribution in [2.75, 3.05) is 0 Å². The predicted octanol–water partition coefficient (Wildman–Crippen LogP) is 3.42. The van der Waals surface area contributed by atoms with E-state index in [0.29, 0.717) is 36.6 Å². The molecule has 0 spiro atoms. The second kappa shape index (κ2) is 8.50. The van der Waals surface area contributed by atoms with Crippen molar-refractivity contribution in [3.8, 4) is 0 Å². The van der Waals surface area contributed by atoms with Crippen LogP contribution in [0.25, 0.3) is 0 Å². The van der Waals surface area contributed by atoms with Crippen LogP contribution in [0.15, 0.2) is 10.7 Å². The van der Waals surface area contributed by atoms with Gasteiger partial charge in [0, 0.05) is 18.5 Å². The summed E-state index contributed by atoms with van der Waals surface area (Å²) in [6, 6.07) is 0.615. The van der Waals surface area contributed by atoms with Gasteiger partial charge in [-0.25, -0.2) is 4.98 Å². The van der Waals surface area contributed by atoms with Crippen LogP contribution < -0.4 is 5.32 Å². The normalized spacial score (nSPS) is 16.7. The highest BCUT2D eigenvalue weighted by atomic mass is 16.3. The molecule has 0 unspecified atom stereocenters. The molecular weight excluding hydrogens is 318 g/mol. The van der Waals surface area contributed by atoms with E-state index in [1.54, 1.807) is 0 Å². The molecule has 1 N–H and O–H groups in total. The largest absolute Gasteiger partial charge is 0.446 e. The SMILES string of the molecule is CCCCCCCC(=O)N(Cc1nc(C(=O)NC2CC2)co1)C1CC1. The molecule has 6 heteroatoms. The Bertz CT molecular complexity index is 590. The van der Waals surface area contributed by atoms with Crippen molar-refractivity contribution in [3.63, 3.8) is 0 Å². The third kappa shape index (κ3) is 5.58. The van der Waals surface area contributed by atoms with Crippen molar-refractivity contribution in [1.82, 2.24) is 15.2 Å². The minimum atomic E-state index is -0.183. The maximum atomic E-state index is 12.5. The van der Waals surface area contributed by atoms with Gasteiger partial charge in [0.25, 0.3) is 5.91 Å². The Hall–Kier alpha value is -1.85. The monoisotopic (exact) mass is 347 g/mol. The van der Waals surface area contributed by atoms with Crippen LogP contribution in [0.5, 0.6) is 0 Å². The topological polar surface area (TPSA) is 75.4 Å². The molecule has 0 aliphatic heterocycles. The number of carbonyl (C=O) groups excluding carboxylic acids is 2. The number of nitrogens with zero attached hydrogens (tertiary/aromatic N) is 2. The first-order chi connectivity index (χ1) is 12.2. The molecule has 6 nitrogen and oxygen atoms in total. The van der Waals surface area contributed by atoms with Gasteiger partial charge < -0.3 is 14.6 Å². The molecule has 2 fully saturated rings. The van der Waals surface area contributed by atoms with Gasteiger partial charge in [-0.2, -0.15) is 0 Å². The summed E-state index contributed by atoms with van der Waals surface area (Å²) in [5.41, 5.74) is 0.310. The number of carbonyl (C=O) groups is 2. The van der Waals surface area contributed by atoms with Gasteiger partial charge >= 0.3 is 0 Å². The Morgan fingerprint density at radius 2 is 1.96 bits per heavy atom. The van der Waals surface area contributed by atoms with Crippen molar-refractivity contribution in [2.24, 2.45) is 0 Å². The van der Waals surface area contributed by atoms with E-state index in [1.807, 2.05) is 4.90 Å². The minimum Gasteiger partial charge on any atom is -0.446 e. The number of oxazole rings is 1. The third-order valence-electron chi connectivity index (χ3n) is 4.80. The first kappa shape index (κ1) is 18.0. The summed E-state index contributed by atoms with van der Waals surface area (Å²) < 4.78 is 5.44. The van der Waals surface area contributed by atoms with Gasteiger partial charge in [0.2, 0.25) is 11.8 Å². The zero-order valence-electron chi connectivity index (χ0n) is 15.1. The highest BCUT2D eigenvalue weighted by Gasteiger charge is 2.33. The van der Waals surface area contributed by atoms with Gasteiger partial charge in [-0.15, -0.1) is 0 Å². The fourth-order valence-corrected chi connectivity index (χ4v) is 2.95. The van der Waals surface area contributed by atoms with Crippen LogP contribution in [0.3, 0.4) is 0 Å². The van der Waals surface area contributed by atoms with Crippen LogP contribution in [0.1, 0.15) is 87.5 Å². The molecule has 0 aromatic carbocycles. The fraction of sp³-hybridized carbons (Fsp3) is 0.737. The molecule has 138 valence electrons. The number of nitrogens with one attached hydrogen (secondary N) is 1. The van der Waals surface area contributed by atoms with E-state index in [-0.39, 0.29) is 11.8 Å². The highest BCUT2D eigenvalue weighted by molar-refractivity contribution is 5.92. The van der Waals surface area contributed by atoms with Crippen LogP contribution in [0, 0.1) is 0 Å². The Kier molecular flexibility index (Phi) is 6.10. The fourth-order valence-electron chi connectivity index (χ4n) is 2.95. The summed E-state index contributed by atoms with van der Waals surface area (Å²) >= 11 is 0. The van der Waals surface area contributed by atoms with E-state index in [1.165, 1.54) is 25.5 Å². The van der Waals surface area contributed by atoms with E-state index in [4.69, 9.17) is 4.42 Å². The van der Waals surface area contributed by atoms with Crippen molar-refractivity contribution in [3.05, 3.63) is 17.8 Å². The number of rotatable bonds is 11. The number of hydrogen-bond acceptors (Lipinski definition) is 4. The molecule has 2 aliphatic carbocycles. The third-order valence-corrected chi connectivity index (χ3v) is 4.80. The lowest BCUT2D eigenvalue weighted by molar-refractivity contribution is -0.132. The number of unbranched alkanes of at least 4 members (excludes halogenated alkanes) is 4. The molecule has 25 heavy (non-hydrogen) atoms. The second-order valence-electron chi connectivity index (χ2n) is 7.29. The smallest absolute Gasteiger partial charge is 0.273 e. The average molecular weight is 347 g/mol. The van der Waals surface area contributed by atoms with Crippen molar-refractivity contribution in [2.45, 2.75) is 89.8 Å². The number of aromatic nitrogens is 1. The Morgan fingerprint density at radius 3 is 2.64 bits per heavy atom. The van der Waals surface area contributed by atoms with Crippen LogP contribution in [-0.4, -0.2) is 33.8 Å². The lowest BCUT2D eigenvalue weighted by atomic mass is 10.1. The standard InChI is InChI=1S/C19H29N3O3/c1-2-3-4-5-6-7-18(23)22(15-10-11-15)12-17-21-16(13-25-17)19(24)20-14-8-9-14/h13-15H,2-12H2,1H3,(H,20,24). The van der Waals surface area contributed by atoms with Crippen molar-refractivity contribution >= 4 is 11.8 Å². The molecule has 0 saturated heterocycles. The number of amides is 2. The van der Waals surface area contributed by atoms with E-state index in [9.17, 15) is 9.59 Å². The maximum absolute atomic E-state index is 12.5. The summed E-state index contributed by atoms with van der Waals surface area (Å²) in [5, 5.41) is 2.90. The van der Waals surface area contributed by atoms with E-state index < -0.39 is 0 Å². The second-order valence-corrected chi connectivity index (χ2v) is 7.29. The molecule has 0 radical (unpaired) electrons. The molecule has 2 saturated carbocycles. The molecule has 0 bridgehead atoms. The molecule has 1 aromatic rings. The quantitative estimate of drug-likeness (QED) is 0.622. The van der Waals surface area contributed by atoms with Crippen LogP contribution in [0.4, 0.5) is 0 Å². The molecule has 3 rings (SSSR count). The number of hydrogen-bond donors (Lipinski definition) is 1. The molecule has 1 aromatic heterocycles. The molecular formula is C19H29N3O3. The Labute approximate surface area is 149 Å². The van der Waals surface area contributed by atoms with Gasteiger partial charge in [-0.3, -0.25) is 9.59 Å². The zero-order valence-corrected chi connectivity index (χ0v) is 15.1. The van der Waals surface area contributed by atoms with Gasteiger partial charge in [0.05, 0.1) is 6.54 Å². The van der Waals surface area contributed by atoms with Gasteiger partial charge in [-0.1, -0.05) is 32.6 Å². The minimum absolute atomic E-state index is 0.182. The van der Waals surface area contributed by atoms with Crippen LogP contribution >= 0.6 is 0 Å². The summed E-state index contributed by atoms with van der Waals surface area (Å²) in [4.78, 5) is 30.7. The van der Waals surface area contributed by atoms with Crippen molar-refractivity contribution in [1.29, 1.82) is 0 Å². The zero-order chi connectivity index (χ0) is 17.6. The summed E-state index contributed by atoms with van der Waals surface area (Å²) in [5.74, 6) is 0.450. The van der Waals surface area contributed by atoms with Gasteiger partial charge in [0.15, 0.2) is 5.69 Å². The van der Waals surface area contributed by atoms with E-state index >= 15 is 0 Å². The molecule has 0 atom stereocenters. The Balaban J connectivity index is 1.48. The molecule has 2 amide bonds. The lowest BCUT2D eigenvalue weighted by Gasteiger charge is -2.20. The van der Waals surface area contributed by atoms with Gasteiger partial charge in [0.1, 0.15) is 6.26 Å².